The maximum atomic E-state index is 14.6. The molecule has 9 N–H and O–H groups in total. The monoisotopic (exact) mass is 887 g/mol. The highest BCUT2D eigenvalue weighted by Gasteiger charge is 2.35. The third kappa shape index (κ3) is 13.9. The molecular weight excluding hydrogens is 835 g/mol. The number of aliphatic carboxylic acids is 1. The lowest BCUT2D eigenvalue weighted by Crippen LogP contribution is -2.60. The Morgan fingerprint density at radius 1 is 0.672 bits per heavy atom. The predicted molar refractivity (Wildman–Crippen MR) is 244 cm³/mol. The van der Waals surface area contributed by atoms with Crippen molar-refractivity contribution in [3.63, 3.8) is 0 Å². The molecule has 6 amide bonds. The number of hydrogen-bond donors (Lipinski definition) is 8. The number of carbonyl (C=O) groups is 7. The van der Waals surface area contributed by atoms with Crippen LogP contribution in [-0.4, -0.2) is 88.5 Å². The van der Waals surface area contributed by atoms with Crippen LogP contribution in [-0.2, 0) is 52.8 Å². The van der Waals surface area contributed by atoms with E-state index in [1.54, 1.807) is 54.6 Å². The van der Waals surface area contributed by atoms with Gasteiger partial charge in [-0.3, -0.25) is 28.8 Å². The van der Waals surface area contributed by atoms with Crippen LogP contribution in [0, 0.1) is 0 Å². The van der Waals surface area contributed by atoms with Crippen LogP contribution in [0.15, 0.2) is 121 Å². The maximum absolute atomic E-state index is 14.6. The zero-order chi connectivity index (χ0) is 45.4. The van der Waals surface area contributed by atoms with Gasteiger partial charge >= 0.3 is 5.97 Å². The van der Waals surface area contributed by atoms with E-state index in [0.717, 1.165) is 11.1 Å². The molecule has 16 heteroatoms. The Bertz CT molecular complexity index is 2290. The van der Waals surface area contributed by atoms with Gasteiger partial charge in [-0.1, -0.05) is 103 Å². The molecule has 3 heterocycles. The number of nitrogens with two attached hydrogens (primary N) is 1. The number of fused-ring (bicyclic) bond motifs is 18. The van der Waals surface area contributed by atoms with E-state index < -0.39 is 78.0 Å². The number of thioether (sulfide) groups is 1. The molecule has 15 nitrogen and oxygen atoms in total. The predicted octanol–water partition coefficient (Wildman–Crippen LogP) is 3.38. The first-order valence-corrected chi connectivity index (χ1v) is 22.2. The Balaban J connectivity index is 1.37. The van der Waals surface area contributed by atoms with Gasteiger partial charge in [0.05, 0.1) is 6.42 Å². The quantitative estimate of drug-likeness (QED) is 0.0966. The Kier molecular flexibility index (Phi) is 16.8. The summed E-state index contributed by atoms with van der Waals surface area (Å²) >= 11 is 1.48. The third-order valence-electron chi connectivity index (χ3n) is 10.9. The van der Waals surface area contributed by atoms with Gasteiger partial charge in [-0.2, -0.15) is 0 Å². The number of anilines is 1. The van der Waals surface area contributed by atoms with Crippen molar-refractivity contribution in [2.75, 3.05) is 11.9 Å². The number of rotatable bonds is 12. The van der Waals surface area contributed by atoms with Gasteiger partial charge in [-0.05, 0) is 71.2 Å². The highest BCUT2D eigenvalue weighted by atomic mass is 32.2. The van der Waals surface area contributed by atoms with Crippen molar-refractivity contribution in [2.24, 2.45) is 5.73 Å². The molecule has 0 saturated heterocycles. The van der Waals surface area contributed by atoms with Crippen LogP contribution in [0.4, 0.5) is 5.69 Å². The van der Waals surface area contributed by atoms with Crippen LogP contribution >= 0.6 is 11.8 Å². The van der Waals surface area contributed by atoms with E-state index in [-0.39, 0.29) is 43.9 Å². The van der Waals surface area contributed by atoms with Gasteiger partial charge in [0.25, 0.3) is 0 Å². The van der Waals surface area contributed by atoms with Gasteiger partial charge in [-0.25, -0.2) is 4.79 Å². The molecular formula is C48H53N7O8S. The molecule has 0 aromatic heterocycles. The fraction of sp³-hybridized carbons (Fsp3) is 0.312. The molecule has 3 aliphatic rings. The van der Waals surface area contributed by atoms with Gasteiger partial charge < -0.3 is 42.7 Å². The number of carbonyl (C=O) groups excluding carboxylic acids is 6. The van der Waals surface area contributed by atoms with Gasteiger partial charge in [0.2, 0.25) is 35.4 Å². The number of allylic oxidation sites excluding steroid dienone is 1. The molecule has 0 radical (unpaired) electrons. The number of amides is 6. The Morgan fingerprint density at radius 3 is 1.86 bits per heavy atom. The molecule has 4 aromatic rings. The van der Waals surface area contributed by atoms with Crippen molar-refractivity contribution >= 4 is 58.9 Å². The van der Waals surface area contributed by atoms with Crippen LogP contribution in [0.5, 0.6) is 0 Å². The average Bonchev–Trinajstić information content (AvgIpc) is 3.81. The lowest BCUT2D eigenvalue weighted by Gasteiger charge is -2.28. The summed E-state index contributed by atoms with van der Waals surface area (Å²) in [7, 11) is 0. The van der Waals surface area contributed by atoms with Gasteiger partial charge in [0.1, 0.15) is 30.2 Å². The average molecular weight is 888 g/mol. The lowest BCUT2D eigenvalue weighted by atomic mass is 9.98. The zero-order valence-corrected chi connectivity index (χ0v) is 36.0. The van der Waals surface area contributed by atoms with Crippen molar-refractivity contribution in [1.82, 2.24) is 26.6 Å². The summed E-state index contributed by atoms with van der Waals surface area (Å²) < 4.78 is 0. The van der Waals surface area contributed by atoms with E-state index >= 15 is 0 Å². The zero-order valence-electron chi connectivity index (χ0n) is 35.2. The molecule has 2 bridgehead atoms. The van der Waals surface area contributed by atoms with Crippen LogP contribution < -0.4 is 37.6 Å². The van der Waals surface area contributed by atoms with Gasteiger partial charge in [0, 0.05) is 36.6 Å². The second kappa shape index (κ2) is 23.1. The van der Waals surface area contributed by atoms with Crippen molar-refractivity contribution in [3.8, 4) is 11.1 Å². The minimum atomic E-state index is -1.40. The Hall–Kier alpha value is -6.78. The first kappa shape index (κ1) is 46.7. The molecule has 0 saturated carbocycles. The van der Waals surface area contributed by atoms with E-state index in [0.29, 0.717) is 35.2 Å². The number of benzene rings is 4. The smallest absolute Gasteiger partial charge is 0.326 e. The Morgan fingerprint density at radius 2 is 1.25 bits per heavy atom. The summed E-state index contributed by atoms with van der Waals surface area (Å²) in [6.45, 7) is 0.229. The maximum Gasteiger partial charge on any atom is 0.326 e. The second-order valence-corrected chi connectivity index (χ2v) is 17.0. The van der Waals surface area contributed by atoms with Crippen molar-refractivity contribution in [3.05, 3.63) is 137 Å². The molecule has 334 valence electrons. The number of hydrogen-bond acceptors (Lipinski definition) is 9. The molecule has 7 rings (SSSR count). The minimum absolute atomic E-state index is 0.000736. The summed E-state index contributed by atoms with van der Waals surface area (Å²) in [5, 5.41) is 28.4. The van der Waals surface area contributed by atoms with E-state index in [1.807, 2.05) is 66.1 Å². The Labute approximate surface area is 375 Å². The van der Waals surface area contributed by atoms with Crippen molar-refractivity contribution in [1.29, 1.82) is 0 Å². The molecule has 0 aliphatic carbocycles. The highest BCUT2D eigenvalue weighted by molar-refractivity contribution is 8.03. The fourth-order valence-electron chi connectivity index (χ4n) is 7.43. The van der Waals surface area contributed by atoms with E-state index in [9.17, 15) is 38.7 Å². The largest absolute Gasteiger partial charge is 0.480 e. The summed E-state index contributed by atoms with van der Waals surface area (Å²) in [6.07, 6.45) is 2.37. The highest BCUT2D eigenvalue weighted by Crippen LogP contribution is 2.28. The molecule has 1 unspecified atom stereocenters. The molecule has 4 aromatic carbocycles. The van der Waals surface area contributed by atoms with Gasteiger partial charge in [0.15, 0.2) is 0 Å². The van der Waals surface area contributed by atoms with E-state index in [4.69, 9.17) is 5.73 Å². The molecule has 3 aliphatic heterocycles. The summed E-state index contributed by atoms with van der Waals surface area (Å²) in [6, 6.07) is 25.8. The van der Waals surface area contributed by atoms with Crippen LogP contribution in [0.25, 0.3) is 11.1 Å². The first-order valence-electron chi connectivity index (χ1n) is 21.3. The normalized spacial score (nSPS) is 22.2. The molecule has 0 fully saturated rings. The third-order valence-corrected chi connectivity index (χ3v) is 12.0. The summed E-state index contributed by atoms with van der Waals surface area (Å²) in [5.41, 5.74) is 9.74. The lowest BCUT2D eigenvalue weighted by molar-refractivity contribution is -0.142. The standard InChI is InChI=1S/C48H53N7O8S/c49-23-7-14-42(56)51-40-29-43(57)50-35-21-17-32(18-22-35)27-41(48(62)63)55-45(59)37(25-30-9-3-1-4-10-30)52-44(58)38(26-31-15-19-34(20-16-31)33-11-5-2-6-12-33)53-46(60)39(54-47(40)61)28-36-13-8-24-64-36/h1-6,8-12,15-22,24,36-41H,7,13-14,23,25-29,49H2,(H,50,57)(H,51,56)(H,52,58)(H,53,60)(H,54,61)(H,55,59)(H,62,63)/t36?,37-,38+,39-,40+,41+/m1/s1. The molecule has 0 spiro atoms. The second-order valence-electron chi connectivity index (χ2n) is 15.8. The van der Waals surface area contributed by atoms with Crippen LogP contribution in [0.2, 0.25) is 0 Å². The summed E-state index contributed by atoms with van der Waals surface area (Å²) in [5.74, 6) is -5.42. The first-order chi connectivity index (χ1) is 30.9. The number of carboxylic acids is 1. The van der Waals surface area contributed by atoms with Crippen molar-refractivity contribution < 1.29 is 38.7 Å². The van der Waals surface area contributed by atoms with Crippen LogP contribution in [0.1, 0.15) is 48.8 Å². The number of nitrogens with one attached hydrogen (secondary N) is 6. The fourth-order valence-corrected chi connectivity index (χ4v) is 8.40. The number of carboxylic acid groups (broad SMARTS) is 1. The van der Waals surface area contributed by atoms with Gasteiger partial charge in [-0.15, -0.1) is 11.8 Å². The topological polar surface area (TPSA) is 238 Å². The molecule has 64 heavy (non-hydrogen) atoms. The van der Waals surface area contributed by atoms with Crippen LogP contribution in [0.3, 0.4) is 0 Å². The van der Waals surface area contributed by atoms with E-state index in [1.165, 1.54) is 11.8 Å². The minimum Gasteiger partial charge on any atom is -0.480 e. The SMILES string of the molecule is NCCCC(=O)N[C@H]1CC(=O)Nc2ccc(cc2)C[C@@H](C(=O)O)NC(=O)[C@@H](Cc2ccccc2)NC(=O)[C@H](Cc2ccc(-c3ccccc3)cc2)NC(=O)[C@@H](CC2CC=CS2)NC1=O. The molecule has 6 atom stereocenters. The summed E-state index contributed by atoms with van der Waals surface area (Å²) in [4.78, 5) is 96.4. The van der Waals surface area contributed by atoms with E-state index in [2.05, 4.69) is 31.9 Å². The van der Waals surface area contributed by atoms with Crippen molar-refractivity contribution in [2.45, 2.75) is 86.8 Å².